The summed E-state index contributed by atoms with van der Waals surface area (Å²) in [5, 5.41) is 3.15. The molecule has 94 valence electrons. The van der Waals surface area contributed by atoms with Crippen molar-refractivity contribution in [3.8, 4) is 11.6 Å². The third-order valence-electron chi connectivity index (χ3n) is 3.05. The summed E-state index contributed by atoms with van der Waals surface area (Å²) in [6, 6.07) is 3.93. The van der Waals surface area contributed by atoms with Crippen LogP contribution in [-0.2, 0) is 17.9 Å². The van der Waals surface area contributed by atoms with Crippen molar-refractivity contribution in [3.05, 3.63) is 29.2 Å². The van der Waals surface area contributed by atoms with Crippen molar-refractivity contribution < 1.29 is 4.42 Å². The second kappa shape index (κ2) is 4.65. The quantitative estimate of drug-likeness (QED) is 0.920. The van der Waals surface area contributed by atoms with Gasteiger partial charge in [-0.1, -0.05) is 6.92 Å². The van der Waals surface area contributed by atoms with Crippen molar-refractivity contribution >= 4 is 17.6 Å². The molecule has 0 amide bonds. The van der Waals surface area contributed by atoms with Gasteiger partial charge >= 0.3 is 0 Å². The maximum Gasteiger partial charge on any atom is 0.197 e. The lowest BCUT2D eigenvalue weighted by molar-refractivity contribution is 0.525. The number of aromatic nitrogens is 2. The number of thioether (sulfide) groups is 1. The van der Waals surface area contributed by atoms with Crippen LogP contribution in [0.3, 0.4) is 0 Å². The van der Waals surface area contributed by atoms with Crippen LogP contribution in [0.25, 0.3) is 11.6 Å². The molecule has 0 spiro atoms. The first-order valence-electron chi connectivity index (χ1n) is 6.06. The second-order valence-corrected chi connectivity index (χ2v) is 5.17. The fourth-order valence-corrected chi connectivity index (χ4v) is 3.10. The highest BCUT2D eigenvalue weighted by molar-refractivity contribution is 7.98. The number of hydrogen-bond donors (Lipinski definition) is 1. The first-order chi connectivity index (χ1) is 8.81. The molecule has 0 unspecified atom stereocenters. The predicted molar refractivity (Wildman–Crippen MR) is 73.7 cm³/mol. The van der Waals surface area contributed by atoms with Gasteiger partial charge in [-0.05, 0) is 12.1 Å². The molecule has 3 rings (SSSR count). The van der Waals surface area contributed by atoms with Gasteiger partial charge in [0, 0.05) is 30.5 Å². The van der Waals surface area contributed by atoms with E-state index in [0.717, 1.165) is 41.0 Å². The van der Waals surface area contributed by atoms with E-state index in [1.807, 2.05) is 30.9 Å². The number of anilines is 1. The largest absolute Gasteiger partial charge is 0.458 e. The fraction of sp³-hybridized carbons (Fsp3) is 0.385. The molecule has 1 aliphatic rings. The minimum Gasteiger partial charge on any atom is -0.458 e. The van der Waals surface area contributed by atoms with Gasteiger partial charge in [-0.3, -0.25) is 0 Å². The average molecular weight is 261 g/mol. The van der Waals surface area contributed by atoms with E-state index in [9.17, 15) is 0 Å². The summed E-state index contributed by atoms with van der Waals surface area (Å²) in [4.78, 5) is 9.17. The normalized spacial score (nSPS) is 13.7. The van der Waals surface area contributed by atoms with Gasteiger partial charge in [0.2, 0.25) is 0 Å². The van der Waals surface area contributed by atoms with Gasteiger partial charge < -0.3 is 9.73 Å². The lowest BCUT2D eigenvalue weighted by Gasteiger charge is -2.07. The number of fused-ring (bicyclic) bond motifs is 1. The first kappa shape index (κ1) is 11.6. The van der Waals surface area contributed by atoms with Gasteiger partial charge in [0.05, 0.1) is 5.69 Å². The van der Waals surface area contributed by atoms with Crippen LogP contribution in [0.15, 0.2) is 16.5 Å². The molecule has 2 aromatic heterocycles. The summed E-state index contributed by atoms with van der Waals surface area (Å²) in [5.74, 6) is 5.28. The Morgan fingerprint density at radius 2 is 2.22 bits per heavy atom. The highest BCUT2D eigenvalue weighted by Gasteiger charge is 2.20. The molecule has 4 nitrogen and oxygen atoms in total. The van der Waals surface area contributed by atoms with E-state index in [4.69, 9.17) is 4.42 Å². The van der Waals surface area contributed by atoms with Crippen LogP contribution in [0.2, 0.25) is 0 Å². The van der Waals surface area contributed by atoms with E-state index in [0.29, 0.717) is 5.82 Å². The van der Waals surface area contributed by atoms with Crippen molar-refractivity contribution in [2.75, 3.05) is 12.4 Å². The number of nitrogens with zero attached hydrogens (tertiary/aromatic N) is 2. The molecule has 1 N–H and O–H groups in total. The summed E-state index contributed by atoms with van der Waals surface area (Å²) in [5.41, 5.74) is 2.36. The van der Waals surface area contributed by atoms with Crippen molar-refractivity contribution in [1.82, 2.24) is 9.97 Å². The maximum absolute atomic E-state index is 5.72. The molecule has 0 fully saturated rings. The van der Waals surface area contributed by atoms with Gasteiger partial charge in [0.25, 0.3) is 0 Å². The van der Waals surface area contributed by atoms with Crippen molar-refractivity contribution in [2.24, 2.45) is 0 Å². The van der Waals surface area contributed by atoms with Crippen molar-refractivity contribution in [2.45, 2.75) is 24.9 Å². The smallest absolute Gasteiger partial charge is 0.197 e. The van der Waals surface area contributed by atoms with Gasteiger partial charge in [0.15, 0.2) is 11.6 Å². The summed E-state index contributed by atoms with van der Waals surface area (Å²) < 4.78 is 5.72. The molecular formula is C13H15N3OS. The zero-order valence-electron chi connectivity index (χ0n) is 10.5. The minimum atomic E-state index is 0.681. The van der Waals surface area contributed by atoms with Crippen LogP contribution in [0.5, 0.6) is 0 Å². The summed E-state index contributed by atoms with van der Waals surface area (Å²) >= 11 is 1.87. The minimum absolute atomic E-state index is 0.681. The Hall–Kier alpha value is -1.49. The summed E-state index contributed by atoms with van der Waals surface area (Å²) in [6.45, 7) is 2.07. The van der Waals surface area contributed by atoms with E-state index in [-0.39, 0.29) is 0 Å². The zero-order valence-corrected chi connectivity index (χ0v) is 11.3. The Bertz CT molecular complexity index is 580. The Balaban J connectivity index is 2.07. The summed E-state index contributed by atoms with van der Waals surface area (Å²) in [6.07, 6.45) is 0.889. The van der Waals surface area contributed by atoms with Crippen LogP contribution in [0, 0.1) is 0 Å². The number of hydrogen-bond acceptors (Lipinski definition) is 5. The fourth-order valence-electron chi connectivity index (χ4n) is 2.06. The second-order valence-electron chi connectivity index (χ2n) is 4.18. The SMILES string of the molecule is CCc1ccc(-c2nc3c(c(NC)n2)CSC3)o1. The van der Waals surface area contributed by atoms with Gasteiger partial charge in [-0.25, -0.2) is 9.97 Å². The van der Waals surface area contributed by atoms with Gasteiger partial charge in [-0.15, -0.1) is 0 Å². The highest BCUT2D eigenvalue weighted by Crippen LogP contribution is 2.34. The van der Waals surface area contributed by atoms with Crippen molar-refractivity contribution in [1.29, 1.82) is 0 Å². The van der Waals surface area contributed by atoms with Crippen LogP contribution in [0.1, 0.15) is 23.9 Å². The molecule has 18 heavy (non-hydrogen) atoms. The van der Waals surface area contributed by atoms with Crippen molar-refractivity contribution in [3.63, 3.8) is 0 Å². The third-order valence-corrected chi connectivity index (χ3v) is 4.02. The molecule has 0 aromatic carbocycles. The standard InChI is InChI=1S/C13H15N3OS/c1-3-8-4-5-11(17-8)13-15-10-7-18-6-9(10)12(14-2)16-13/h4-5H,3,6-7H2,1-2H3,(H,14,15,16). The van der Waals surface area contributed by atoms with Gasteiger partial charge in [0.1, 0.15) is 11.6 Å². The molecule has 0 bridgehead atoms. The molecule has 1 aliphatic heterocycles. The molecule has 2 aromatic rings. The molecule has 0 atom stereocenters. The Morgan fingerprint density at radius 1 is 1.33 bits per heavy atom. The van der Waals surface area contributed by atoms with Crippen LogP contribution < -0.4 is 5.32 Å². The molecule has 5 heteroatoms. The maximum atomic E-state index is 5.72. The molecule has 0 radical (unpaired) electrons. The molecular weight excluding hydrogens is 246 g/mol. The number of furan rings is 1. The number of rotatable bonds is 3. The summed E-state index contributed by atoms with van der Waals surface area (Å²) in [7, 11) is 1.90. The lowest BCUT2D eigenvalue weighted by Crippen LogP contribution is -2.03. The average Bonchev–Trinajstić information content (AvgIpc) is 3.05. The third kappa shape index (κ3) is 1.88. The lowest BCUT2D eigenvalue weighted by atomic mass is 10.2. The monoisotopic (exact) mass is 261 g/mol. The van der Waals surface area contributed by atoms with E-state index in [1.165, 1.54) is 5.56 Å². The number of aryl methyl sites for hydroxylation is 1. The molecule has 0 aliphatic carbocycles. The van der Waals surface area contributed by atoms with Crippen LogP contribution >= 0.6 is 11.8 Å². The molecule has 0 saturated heterocycles. The number of nitrogens with one attached hydrogen (secondary N) is 1. The van der Waals surface area contributed by atoms with Crippen LogP contribution in [0.4, 0.5) is 5.82 Å². The Labute approximate surface area is 110 Å². The molecule has 0 saturated carbocycles. The van der Waals surface area contributed by atoms with E-state index < -0.39 is 0 Å². The zero-order chi connectivity index (χ0) is 12.5. The predicted octanol–water partition coefficient (Wildman–Crippen LogP) is 3.09. The Morgan fingerprint density at radius 3 is 2.94 bits per heavy atom. The molecule has 3 heterocycles. The van der Waals surface area contributed by atoms with Gasteiger partial charge in [-0.2, -0.15) is 11.8 Å². The van der Waals surface area contributed by atoms with E-state index >= 15 is 0 Å². The highest BCUT2D eigenvalue weighted by atomic mass is 32.2. The van der Waals surface area contributed by atoms with Crippen LogP contribution in [-0.4, -0.2) is 17.0 Å². The van der Waals surface area contributed by atoms with E-state index in [1.54, 1.807) is 0 Å². The van der Waals surface area contributed by atoms with E-state index in [2.05, 4.69) is 22.2 Å². The topological polar surface area (TPSA) is 51.0 Å². The Kier molecular flexibility index (Phi) is 2.99. The first-order valence-corrected chi connectivity index (χ1v) is 7.21.